The molecule has 0 saturated heterocycles. The number of amidine groups is 1. The van der Waals surface area contributed by atoms with E-state index < -0.39 is 5.82 Å². The van der Waals surface area contributed by atoms with E-state index in [1.54, 1.807) is 16.9 Å². The molecule has 1 aromatic heterocycles. The summed E-state index contributed by atoms with van der Waals surface area (Å²) in [7, 11) is 1.86. The van der Waals surface area contributed by atoms with E-state index in [1.165, 1.54) is 12.1 Å². The van der Waals surface area contributed by atoms with E-state index in [-0.39, 0.29) is 5.84 Å². The van der Waals surface area contributed by atoms with E-state index in [9.17, 15) is 4.39 Å². The third-order valence-corrected chi connectivity index (χ3v) is 2.92. The first-order chi connectivity index (χ1) is 9.60. The molecule has 0 aliphatic carbocycles. The van der Waals surface area contributed by atoms with Gasteiger partial charge in [0.25, 0.3) is 0 Å². The number of rotatable bonds is 5. The van der Waals surface area contributed by atoms with Crippen LogP contribution in [0.25, 0.3) is 0 Å². The number of oxime groups is 1. The average molecular weight is 277 g/mol. The van der Waals surface area contributed by atoms with Crippen molar-refractivity contribution in [2.45, 2.75) is 13.1 Å². The summed E-state index contributed by atoms with van der Waals surface area (Å²) < 4.78 is 15.2. The smallest absolute Gasteiger partial charge is 0.170 e. The largest absolute Gasteiger partial charge is 0.409 e. The van der Waals surface area contributed by atoms with E-state index >= 15 is 0 Å². The number of aryl methyl sites for hydroxylation is 1. The molecule has 0 bridgehead atoms. The van der Waals surface area contributed by atoms with Gasteiger partial charge >= 0.3 is 0 Å². The molecule has 0 radical (unpaired) electrons. The Morgan fingerprint density at radius 1 is 1.45 bits per heavy atom. The van der Waals surface area contributed by atoms with E-state index in [1.807, 2.05) is 13.1 Å². The molecule has 0 atom stereocenters. The molecule has 0 amide bonds. The number of hydrogen-bond acceptors (Lipinski definition) is 4. The van der Waals surface area contributed by atoms with Gasteiger partial charge in [-0.25, -0.2) is 4.39 Å². The lowest BCUT2D eigenvalue weighted by Crippen LogP contribution is -2.17. The van der Waals surface area contributed by atoms with Crippen LogP contribution in [0.1, 0.15) is 16.8 Å². The summed E-state index contributed by atoms with van der Waals surface area (Å²) in [6.07, 6.45) is 1.72. The molecule has 1 heterocycles. The molecule has 4 N–H and O–H groups in total. The minimum absolute atomic E-state index is 0.114. The molecular formula is C13H16FN5O. The van der Waals surface area contributed by atoms with Gasteiger partial charge in [0.1, 0.15) is 5.82 Å². The van der Waals surface area contributed by atoms with Crippen molar-refractivity contribution in [3.05, 3.63) is 53.1 Å². The van der Waals surface area contributed by atoms with Crippen LogP contribution in [0, 0.1) is 5.82 Å². The highest BCUT2D eigenvalue weighted by Gasteiger charge is 2.05. The van der Waals surface area contributed by atoms with Gasteiger partial charge in [-0.05, 0) is 29.8 Å². The first kappa shape index (κ1) is 14.0. The fourth-order valence-corrected chi connectivity index (χ4v) is 1.87. The molecule has 106 valence electrons. The van der Waals surface area contributed by atoms with Crippen molar-refractivity contribution in [1.29, 1.82) is 0 Å². The second kappa shape index (κ2) is 6.16. The molecule has 1 aromatic carbocycles. The summed E-state index contributed by atoms with van der Waals surface area (Å²) in [4.78, 5) is 0. The minimum atomic E-state index is -0.425. The zero-order chi connectivity index (χ0) is 14.5. The van der Waals surface area contributed by atoms with Gasteiger partial charge in [0, 0.05) is 31.9 Å². The predicted molar refractivity (Wildman–Crippen MR) is 72.7 cm³/mol. The van der Waals surface area contributed by atoms with E-state index in [2.05, 4.69) is 15.6 Å². The van der Waals surface area contributed by atoms with Crippen LogP contribution < -0.4 is 11.1 Å². The standard InChI is InChI=1S/C13H16FN5O/c1-19-12(2-3-17-19)8-16-7-9-4-10(13(15)18-20)6-11(14)5-9/h2-6,16,20H,7-8H2,1H3,(H2,15,18). The van der Waals surface area contributed by atoms with Crippen LogP contribution in [-0.4, -0.2) is 20.8 Å². The predicted octanol–water partition coefficient (Wildman–Crippen LogP) is 0.944. The van der Waals surface area contributed by atoms with Gasteiger partial charge in [0.05, 0.1) is 5.69 Å². The first-order valence-electron chi connectivity index (χ1n) is 6.05. The molecule has 0 unspecified atom stereocenters. The Bertz CT molecular complexity index is 623. The molecule has 0 saturated carbocycles. The van der Waals surface area contributed by atoms with Gasteiger partial charge in [0.15, 0.2) is 5.84 Å². The fourth-order valence-electron chi connectivity index (χ4n) is 1.87. The molecule has 2 aromatic rings. The Labute approximate surface area is 115 Å². The summed E-state index contributed by atoms with van der Waals surface area (Å²) >= 11 is 0. The lowest BCUT2D eigenvalue weighted by Gasteiger charge is -2.07. The summed E-state index contributed by atoms with van der Waals surface area (Å²) in [5.41, 5.74) is 7.55. The van der Waals surface area contributed by atoms with Crippen LogP contribution in [0.4, 0.5) is 4.39 Å². The molecular weight excluding hydrogens is 261 g/mol. The maximum Gasteiger partial charge on any atom is 0.170 e. The Morgan fingerprint density at radius 2 is 2.25 bits per heavy atom. The summed E-state index contributed by atoms with van der Waals surface area (Å²) in [6.45, 7) is 1.08. The maximum absolute atomic E-state index is 13.5. The SMILES string of the molecule is Cn1nccc1CNCc1cc(F)cc(/C(N)=N/O)c1. The molecule has 7 heteroatoms. The summed E-state index contributed by atoms with van der Waals surface area (Å²) in [5, 5.41) is 18.7. The van der Waals surface area contributed by atoms with Crippen molar-refractivity contribution in [2.24, 2.45) is 17.9 Å². The average Bonchev–Trinajstić information content (AvgIpc) is 2.83. The molecule has 0 fully saturated rings. The van der Waals surface area contributed by atoms with Crippen molar-refractivity contribution in [3.8, 4) is 0 Å². The maximum atomic E-state index is 13.5. The molecule has 0 aliphatic heterocycles. The number of aromatic nitrogens is 2. The molecule has 2 rings (SSSR count). The van der Waals surface area contributed by atoms with Crippen molar-refractivity contribution < 1.29 is 9.60 Å². The monoisotopic (exact) mass is 277 g/mol. The molecule has 0 aliphatic rings. The van der Waals surface area contributed by atoms with Crippen molar-refractivity contribution in [2.75, 3.05) is 0 Å². The van der Waals surface area contributed by atoms with Crippen LogP contribution >= 0.6 is 0 Å². The molecule has 20 heavy (non-hydrogen) atoms. The number of nitrogens with two attached hydrogens (primary N) is 1. The minimum Gasteiger partial charge on any atom is -0.409 e. The van der Waals surface area contributed by atoms with Crippen LogP contribution in [-0.2, 0) is 20.1 Å². The number of hydrogen-bond donors (Lipinski definition) is 3. The summed E-state index contributed by atoms with van der Waals surface area (Å²) in [5.74, 6) is -0.538. The Hall–Kier alpha value is -2.41. The van der Waals surface area contributed by atoms with Gasteiger partial charge in [0.2, 0.25) is 0 Å². The van der Waals surface area contributed by atoms with Crippen LogP contribution in [0.2, 0.25) is 0 Å². The van der Waals surface area contributed by atoms with Gasteiger partial charge in [-0.15, -0.1) is 0 Å². The molecule has 6 nitrogen and oxygen atoms in total. The van der Waals surface area contributed by atoms with Gasteiger partial charge in [-0.1, -0.05) is 5.16 Å². The van der Waals surface area contributed by atoms with E-state index in [4.69, 9.17) is 10.9 Å². The number of nitrogens with zero attached hydrogens (tertiary/aromatic N) is 3. The number of nitrogens with one attached hydrogen (secondary N) is 1. The van der Waals surface area contributed by atoms with E-state index in [0.29, 0.717) is 24.2 Å². The van der Waals surface area contributed by atoms with Gasteiger partial charge in [-0.2, -0.15) is 5.10 Å². The molecule has 0 spiro atoms. The Kier molecular flexibility index (Phi) is 4.31. The highest BCUT2D eigenvalue weighted by molar-refractivity contribution is 5.97. The Balaban J connectivity index is 2.02. The van der Waals surface area contributed by atoms with Crippen LogP contribution in [0.5, 0.6) is 0 Å². The topological polar surface area (TPSA) is 88.5 Å². The third-order valence-electron chi connectivity index (χ3n) is 2.92. The van der Waals surface area contributed by atoms with Crippen LogP contribution in [0.3, 0.4) is 0 Å². The zero-order valence-electron chi connectivity index (χ0n) is 11.0. The Morgan fingerprint density at radius 3 is 2.90 bits per heavy atom. The third kappa shape index (κ3) is 3.33. The summed E-state index contributed by atoms with van der Waals surface area (Å²) in [6, 6.07) is 6.21. The lowest BCUT2D eigenvalue weighted by atomic mass is 10.1. The van der Waals surface area contributed by atoms with Crippen LogP contribution in [0.15, 0.2) is 35.6 Å². The van der Waals surface area contributed by atoms with E-state index in [0.717, 1.165) is 5.69 Å². The zero-order valence-corrected chi connectivity index (χ0v) is 11.0. The van der Waals surface area contributed by atoms with Crippen molar-refractivity contribution >= 4 is 5.84 Å². The van der Waals surface area contributed by atoms with Crippen molar-refractivity contribution in [1.82, 2.24) is 15.1 Å². The van der Waals surface area contributed by atoms with Gasteiger partial charge in [-0.3, -0.25) is 4.68 Å². The van der Waals surface area contributed by atoms with Crippen molar-refractivity contribution in [3.63, 3.8) is 0 Å². The fraction of sp³-hybridized carbons (Fsp3) is 0.231. The lowest BCUT2D eigenvalue weighted by molar-refractivity contribution is 0.318. The highest BCUT2D eigenvalue weighted by Crippen LogP contribution is 2.09. The second-order valence-corrected chi connectivity index (χ2v) is 4.38. The number of halogens is 1. The van der Waals surface area contributed by atoms with Gasteiger partial charge < -0.3 is 16.3 Å². The second-order valence-electron chi connectivity index (χ2n) is 4.38. The number of benzene rings is 1. The highest BCUT2D eigenvalue weighted by atomic mass is 19.1. The normalized spacial score (nSPS) is 11.8. The quantitative estimate of drug-likeness (QED) is 0.328. The first-order valence-corrected chi connectivity index (χ1v) is 6.05.